The molecule has 1 saturated heterocycles. The SMILES string of the molecule is COc1ccc(CN[C@@H](C)C(=O)Nc2ccc(N3CCCCC3)cc2)cc1OC. The van der Waals surface area contributed by atoms with E-state index in [9.17, 15) is 4.79 Å². The number of benzene rings is 2. The quantitative estimate of drug-likeness (QED) is 0.709. The summed E-state index contributed by atoms with van der Waals surface area (Å²) in [6, 6.07) is 13.5. The summed E-state index contributed by atoms with van der Waals surface area (Å²) in [4.78, 5) is 14.9. The minimum atomic E-state index is -0.329. The van der Waals surface area contributed by atoms with Crippen LogP contribution in [-0.4, -0.2) is 39.3 Å². The number of hydrogen-bond donors (Lipinski definition) is 2. The number of nitrogens with zero attached hydrogens (tertiary/aromatic N) is 1. The van der Waals surface area contributed by atoms with Crippen LogP contribution in [0.3, 0.4) is 0 Å². The Kier molecular flexibility index (Phi) is 7.36. The first-order valence-electron chi connectivity index (χ1n) is 10.2. The predicted octanol–water partition coefficient (Wildman–Crippen LogP) is 3.81. The molecule has 0 saturated carbocycles. The highest BCUT2D eigenvalue weighted by Crippen LogP contribution is 2.27. The minimum Gasteiger partial charge on any atom is -0.493 e. The molecule has 1 aliphatic rings. The summed E-state index contributed by atoms with van der Waals surface area (Å²) in [5, 5.41) is 6.24. The van der Waals surface area contributed by atoms with Crippen molar-refractivity contribution in [2.75, 3.05) is 37.5 Å². The van der Waals surface area contributed by atoms with E-state index in [0.717, 1.165) is 24.3 Å². The van der Waals surface area contributed by atoms with E-state index >= 15 is 0 Å². The molecular formula is C23H31N3O3. The third kappa shape index (κ3) is 5.64. The second kappa shape index (κ2) is 10.2. The number of ether oxygens (including phenoxy) is 2. The van der Waals surface area contributed by atoms with Crippen LogP contribution in [0.4, 0.5) is 11.4 Å². The van der Waals surface area contributed by atoms with Gasteiger partial charge >= 0.3 is 0 Å². The molecule has 1 fully saturated rings. The second-order valence-electron chi connectivity index (χ2n) is 7.38. The minimum absolute atomic E-state index is 0.0591. The van der Waals surface area contributed by atoms with Gasteiger partial charge in [-0.15, -0.1) is 0 Å². The Balaban J connectivity index is 1.51. The molecule has 2 aromatic carbocycles. The molecule has 156 valence electrons. The summed E-state index contributed by atoms with van der Waals surface area (Å²) >= 11 is 0. The standard InChI is InChI=1S/C23H31N3O3/c1-17(24-16-18-7-12-21(28-2)22(15-18)29-3)23(27)25-19-8-10-20(11-9-19)26-13-5-4-6-14-26/h7-12,15,17,24H,4-6,13-14,16H2,1-3H3,(H,25,27)/t17-/m0/s1. The van der Waals surface area contributed by atoms with Gasteiger partial charge in [-0.3, -0.25) is 4.79 Å². The van der Waals surface area contributed by atoms with Crippen LogP contribution >= 0.6 is 0 Å². The van der Waals surface area contributed by atoms with Gasteiger partial charge in [0, 0.05) is 31.0 Å². The van der Waals surface area contributed by atoms with E-state index in [1.165, 1.54) is 24.9 Å². The molecule has 2 N–H and O–H groups in total. The zero-order valence-electron chi connectivity index (χ0n) is 17.5. The molecule has 2 aromatic rings. The number of amides is 1. The molecule has 0 aromatic heterocycles. The normalized spacial score (nSPS) is 14.9. The van der Waals surface area contributed by atoms with E-state index in [4.69, 9.17) is 9.47 Å². The fourth-order valence-corrected chi connectivity index (χ4v) is 3.51. The molecule has 0 spiro atoms. The number of rotatable bonds is 8. The van der Waals surface area contributed by atoms with Gasteiger partial charge in [0.2, 0.25) is 5.91 Å². The Hall–Kier alpha value is -2.73. The highest BCUT2D eigenvalue weighted by Gasteiger charge is 2.14. The molecule has 6 nitrogen and oxygen atoms in total. The first-order valence-corrected chi connectivity index (χ1v) is 10.2. The average molecular weight is 398 g/mol. The van der Waals surface area contributed by atoms with Gasteiger partial charge in [-0.2, -0.15) is 0 Å². The number of hydrogen-bond acceptors (Lipinski definition) is 5. The molecule has 1 atom stereocenters. The number of piperidine rings is 1. The van der Waals surface area contributed by atoms with Gasteiger partial charge < -0.3 is 25.0 Å². The van der Waals surface area contributed by atoms with Gasteiger partial charge in [0.05, 0.1) is 20.3 Å². The third-order valence-electron chi connectivity index (χ3n) is 5.31. The number of methoxy groups -OCH3 is 2. The van der Waals surface area contributed by atoms with Gasteiger partial charge in [-0.05, 0) is 68.1 Å². The lowest BCUT2D eigenvalue weighted by Gasteiger charge is -2.28. The van der Waals surface area contributed by atoms with E-state index in [-0.39, 0.29) is 11.9 Å². The van der Waals surface area contributed by atoms with Crippen LogP contribution in [0.15, 0.2) is 42.5 Å². The number of nitrogens with one attached hydrogen (secondary N) is 2. The van der Waals surface area contributed by atoms with Crippen LogP contribution in [0.1, 0.15) is 31.7 Å². The molecule has 1 heterocycles. The maximum absolute atomic E-state index is 12.5. The van der Waals surface area contributed by atoms with Crippen LogP contribution in [0.2, 0.25) is 0 Å². The molecule has 0 bridgehead atoms. The summed E-state index contributed by atoms with van der Waals surface area (Å²) in [6.45, 7) is 4.65. The molecule has 0 radical (unpaired) electrons. The lowest BCUT2D eigenvalue weighted by atomic mass is 10.1. The number of anilines is 2. The summed E-state index contributed by atoms with van der Waals surface area (Å²) in [6.07, 6.45) is 3.82. The van der Waals surface area contributed by atoms with Gasteiger partial charge in [0.15, 0.2) is 11.5 Å². The van der Waals surface area contributed by atoms with Crippen molar-refractivity contribution in [3.63, 3.8) is 0 Å². The lowest BCUT2D eigenvalue weighted by Crippen LogP contribution is -2.37. The van der Waals surface area contributed by atoms with Crippen molar-refractivity contribution in [1.82, 2.24) is 5.32 Å². The van der Waals surface area contributed by atoms with Crippen LogP contribution < -0.4 is 25.0 Å². The van der Waals surface area contributed by atoms with Crippen molar-refractivity contribution in [3.05, 3.63) is 48.0 Å². The predicted molar refractivity (Wildman–Crippen MR) is 117 cm³/mol. The first-order chi connectivity index (χ1) is 14.1. The lowest BCUT2D eigenvalue weighted by molar-refractivity contribution is -0.117. The molecular weight excluding hydrogens is 366 g/mol. The molecule has 6 heteroatoms. The Labute approximate surface area is 173 Å². The summed E-state index contributed by atoms with van der Waals surface area (Å²) in [5.74, 6) is 1.31. The van der Waals surface area contributed by atoms with Crippen molar-refractivity contribution in [1.29, 1.82) is 0 Å². The van der Waals surface area contributed by atoms with Crippen LogP contribution in [0.5, 0.6) is 11.5 Å². The van der Waals surface area contributed by atoms with Gasteiger partial charge in [-0.1, -0.05) is 6.07 Å². The maximum Gasteiger partial charge on any atom is 0.241 e. The van der Waals surface area contributed by atoms with Crippen molar-refractivity contribution >= 4 is 17.3 Å². The molecule has 3 rings (SSSR count). The smallest absolute Gasteiger partial charge is 0.241 e. The monoisotopic (exact) mass is 397 g/mol. The molecule has 29 heavy (non-hydrogen) atoms. The van der Waals surface area contributed by atoms with Gasteiger partial charge in [-0.25, -0.2) is 0 Å². The zero-order valence-corrected chi connectivity index (χ0v) is 17.5. The van der Waals surface area contributed by atoms with Crippen molar-refractivity contribution in [3.8, 4) is 11.5 Å². The van der Waals surface area contributed by atoms with E-state index in [1.807, 2.05) is 37.3 Å². The van der Waals surface area contributed by atoms with Gasteiger partial charge in [0.1, 0.15) is 0 Å². The van der Waals surface area contributed by atoms with Crippen molar-refractivity contribution in [2.24, 2.45) is 0 Å². The summed E-state index contributed by atoms with van der Waals surface area (Å²) in [7, 11) is 3.23. The van der Waals surface area contributed by atoms with E-state index in [2.05, 4.69) is 27.7 Å². The Morgan fingerprint density at radius 3 is 2.34 bits per heavy atom. The molecule has 1 amide bonds. The Morgan fingerprint density at radius 1 is 1.00 bits per heavy atom. The zero-order chi connectivity index (χ0) is 20.6. The highest BCUT2D eigenvalue weighted by atomic mass is 16.5. The molecule has 0 unspecified atom stereocenters. The fourth-order valence-electron chi connectivity index (χ4n) is 3.51. The summed E-state index contributed by atoms with van der Waals surface area (Å²) in [5.41, 5.74) is 3.06. The Morgan fingerprint density at radius 2 is 1.69 bits per heavy atom. The van der Waals surface area contributed by atoms with Crippen LogP contribution in [0, 0.1) is 0 Å². The van der Waals surface area contributed by atoms with E-state index in [0.29, 0.717) is 18.0 Å². The third-order valence-corrected chi connectivity index (χ3v) is 5.31. The average Bonchev–Trinajstić information content (AvgIpc) is 2.78. The first kappa shape index (κ1) is 21.0. The van der Waals surface area contributed by atoms with Crippen LogP contribution in [0.25, 0.3) is 0 Å². The molecule has 0 aliphatic carbocycles. The Bertz CT molecular complexity index is 802. The molecule has 1 aliphatic heterocycles. The number of carbonyl (C=O) groups is 1. The van der Waals surface area contributed by atoms with Crippen molar-refractivity contribution in [2.45, 2.75) is 38.8 Å². The van der Waals surface area contributed by atoms with Crippen molar-refractivity contribution < 1.29 is 14.3 Å². The fraction of sp³-hybridized carbons (Fsp3) is 0.435. The largest absolute Gasteiger partial charge is 0.493 e. The van der Waals surface area contributed by atoms with Crippen LogP contribution in [-0.2, 0) is 11.3 Å². The second-order valence-corrected chi connectivity index (χ2v) is 7.38. The topological polar surface area (TPSA) is 62.8 Å². The maximum atomic E-state index is 12.5. The highest BCUT2D eigenvalue weighted by molar-refractivity contribution is 5.94. The summed E-state index contributed by atoms with van der Waals surface area (Å²) < 4.78 is 10.6. The van der Waals surface area contributed by atoms with E-state index in [1.54, 1.807) is 14.2 Å². The number of carbonyl (C=O) groups excluding carboxylic acids is 1. The van der Waals surface area contributed by atoms with E-state index < -0.39 is 0 Å². The van der Waals surface area contributed by atoms with Gasteiger partial charge in [0.25, 0.3) is 0 Å².